The predicted octanol–water partition coefficient (Wildman–Crippen LogP) is 4.11. The summed E-state index contributed by atoms with van der Waals surface area (Å²) in [5.74, 6) is 0. The van der Waals surface area contributed by atoms with E-state index in [2.05, 4.69) is 67.7 Å². The molecule has 2 rings (SSSR count). The summed E-state index contributed by atoms with van der Waals surface area (Å²) in [7, 11) is 0. The molecule has 102 valence electrons. The molecule has 2 aromatic rings. The summed E-state index contributed by atoms with van der Waals surface area (Å²) >= 11 is 0. The minimum Gasteiger partial charge on any atom is -0.343 e. The van der Waals surface area contributed by atoms with E-state index in [4.69, 9.17) is 0 Å². The fourth-order valence-electron chi connectivity index (χ4n) is 2.15. The normalized spacial score (nSPS) is 11.4. The number of allylic oxidation sites excluding steroid dienone is 1. The van der Waals surface area contributed by atoms with Crippen LogP contribution in [0.25, 0.3) is 10.9 Å². The molecule has 0 unspecified atom stereocenters. The summed E-state index contributed by atoms with van der Waals surface area (Å²) in [6.07, 6.45) is 3.19. The lowest BCUT2D eigenvalue weighted by Gasteiger charge is -2.10. The van der Waals surface area contributed by atoms with Crippen LogP contribution in [0.1, 0.15) is 32.8 Å². The van der Waals surface area contributed by atoms with Crippen LogP contribution in [0.3, 0.4) is 0 Å². The zero-order valence-corrected chi connectivity index (χ0v) is 12.2. The fourth-order valence-corrected chi connectivity index (χ4v) is 2.15. The molecule has 1 aromatic carbocycles. The van der Waals surface area contributed by atoms with Gasteiger partial charge in [0.25, 0.3) is 0 Å². The van der Waals surface area contributed by atoms with Crippen molar-refractivity contribution in [1.82, 2.24) is 9.88 Å². The number of benzene rings is 1. The highest BCUT2D eigenvalue weighted by Gasteiger charge is 2.04. The lowest BCUT2D eigenvalue weighted by Crippen LogP contribution is -2.21. The van der Waals surface area contributed by atoms with E-state index < -0.39 is 0 Å². The molecule has 0 atom stereocenters. The zero-order valence-electron chi connectivity index (χ0n) is 12.2. The Morgan fingerprint density at radius 1 is 1.32 bits per heavy atom. The van der Waals surface area contributed by atoms with Gasteiger partial charge in [0, 0.05) is 30.8 Å². The van der Waals surface area contributed by atoms with Crippen LogP contribution in [0.5, 0.6) is 0 Å². The van der Waals surface area contributed by atoms with Crippen LogP contribution in [-0.4, -0.2) is 10.6 Å². The SMILES string of the molecule is C=C(CC)Cn1ccc2ccc(CNC(C)C)cc21. The largest absolute Gasteiger partial charge is 0.343 e. The van der Waals surface area contributed by atoms with Crippen LogP contribution in [0.15, 0.2) is 42.6 Å². The summed E-state index contributed by atoms with van der Waals surface area (Å²) in [6, 6.07) is 9.39. The van der Waals surface area contributed by atoms with Crippen LogP contribution in [0.2, 0.25) is 0 Å². The van der Waals surface area contributed by atoms with E-state index in [0.717, 1.165) is 19.5 Å². The van der Waals surface area contributed by atoms with Crippen LogP contribution in [0.4, 0.5) is 0 Å². The number of nitrogens with zero attached hydrogens (tertiary/aromatic N) is 1. The summed E-state index contributed by atoms with van der Waals surface area (Å²) in [5, 5.41) is 4.77. The molecule has 0 saturated carbocycles. The predicted molar refractivity (Wildman–Crippen MR) is 83.3 cm³/mol. The standard InChI is InChI=1S/C17H24N2/c1-5-14(4)12-19-9-8-16-7-6-15(10-17(16)19)11-18-13(2)3/h6-10,13,18H,4-5,11-12H2,1-3H3. The van der Waals surface area contributed by atoms with Crippen LogP contribution >= 0.6 is 0 Å². The van der Waals surface area contributed by atoms with Gasteiger partial charge in [-0.3, -0.25) is 0 Å². The molecule has 0 fully saturated rings. The van der Waals surface area contributed by atoms with Gasteiger partial charge in [0.15, 0.2) is 0 Å². The number of aromatic nitrogens is 1. The van der Waals surface area contributed by atoms with Crippen molar-refractivity contribution >= 4 is 10.9 Å². The first-order chi connectivity index (χ1) is 9.10. The van der Waals surface area contributed by atoms with Gasteiger partial charge in [-0.1, -0.05) is 45.1 Å². The fraction of sp³-hybridized carbons (Fsp3) is 0.412. The molecular formula is C17H24N2. The molecule has 1 aromatic heterocycles. The van der Waals surface area contributed by atoms with Gasteiger partial charge < -0.3 is 9.88 Å². The number of hydrogen-bond acceptors (Lipinski definition) is 1. The Kier molecular flexibility index (Phi) is 4.43. The highest BCUT2D eigenvalue weighted by atomic mass is 15.0. The second kappa shape index (κ2) is 6.07. The Balaban J connectivity index is 2.24. The quantitative estimate of drug-likeness (QED) is 0.770. The van der Waals surface area contributed by atoms with E-state index in [1.54, 1.807) is 0 Å². The summed E-state index contributed by atoms with van der Waals surface area (Å²) in [6.45, 7) is 12.5. The number of hydrogen-bond donors (Lipinski definition) is 1. The third-order valence-electron chi connectivity index (χ3n) is 3.45. The number of fused-ring (bicyclic) bond motifs is 1. The van der Waals surface area contributed by atoms with Crippen molar-refractivity contribution in [2.75, 3.05) is 0 Å². The van der Waals surface area contributed by atoms with E-state index in [9.17, 15) is 0 Å². The topological polar surface area (TPSA) is 17.0 Å². The van der Waals surface area contributed by atoms with Gasteiger partial charge in [-0.05, 0) is 29.5 Å². The summed E-state index contributed by atoms with van der Waals surface area (Å²) in [4.78, 5) is 0. The van der Waals surface area contributed by atoms with Crippen LogP contribution in [-0.2, 0) is 13.1 Å². The van der Waals surface area contributed by atoms with Crippen molar-refractivity contribution < 1.29 is 0 Å². The Bertz CT molecular complexity index is 564. The molecule has 0 aliphatic heterocycles. The Morgan fingerprint density at radius 3 is 2.79 bits per heavy atom. The van der Waals surface area contributed by atoms with Crippen molar-refractivity contribution in [3.8, 4) is 0 Å². The van der Waals surface area contributed by atoms with Gasteiger partial charge in [-0.15, -0.1) is 0 Å². The van der Waals surface area contributed by atoms with E-state index in [1.165, 1.54) is 22.0 Å². The molecule has 1 N–H and O–H groups in total. The summed E-state index contributed by atoms with van der Waals surface area (Å²) < 4.78 is 2.29. The lowest BCUT2D eigenvalue weighted by molar-refractivity contribution is 0.589. The molecule has 1 heterocycles. The molecule has 0 saturated heterocycles. The number of rotatable bonds is 6. The first-order valence-corrected chi connectivity index (χ1v) is 7.08. The average molecular weight is 256 g/mol. The third kappa shape index (κ3) is 3.48. The van der Waals surface area contributed by atoms with E-state index in [-0.39, 0.29) is 0 Å². The summed E-state index contributed by atoms with van der Waals surface area (Å²) in [5.41, 5.74) is 3.91. The highest BCUT2D eigenvalue weighted by molar-refractivity contribution is 5.80. The Morgan fingerprint density at radius 2 is 2.11 bits per heavy atom. The van der Waals surface area contributed by atoms with Crippen LogP contribution < -0.4 is 5.32 Å². The molecule has 0 aliphatic carbocycles. The first-order valence-electron chi connectivity index (χ1n) is 7.08. The second-order valence-electron chi connectivity index (χ2n) is 5.48. The molecule has 0 aliphatic rings. The molecule has 0 radical (unpaired) electrons. The van der Waals surface area contributed by atoms with Crippen molar-refractivity contribution in [2.45, 2.75) is 46.3 Å². The molecule has 0 bridgehead atoms. The Labute approximate surface area is 116 Å². The van der Waals surface area contributed by atoms with E-state index in [1.807, 2.05) is 0 Å². The van der Waals surface area contributed by atoms with Gasteiger partial charge in [0.1, 0.15) is 0 Å². The van der Waals surface area contributed by atoms with Gasteiger partial charge >= 0.3 is 0 Å². The third-order valence-corrected chi connectivity index (χ3v) is 3.45. The molecule has 2 nitrogen and oxygen atoms in total. The van der Waals surface area contributed by atoms with E-state index in [0.29, 0.717) is 6.04 Å². The molecule has 0 spiro atoms. The molecule has 19 heavy (non-hydrogen) atoms. The molecule has 0 amide bonds. The Hall–Kier alpha value is -1.54. The second-order valence-corrected chi connectivity index (χ2v) is 5.48. The minimum atomic E-state index is 0.516. The van der Waals surface area contributed by atoms with Crippen molar-refractivity contribution in [2.24, 2.45) is 0 Å². The molecule has 2 heteroatoms. The van der Waals surface area contributed by atoms with Crippen molar-refractivity contribution in [3.63, 3.8) is 0 Å². The maximum absolute atomic E-state index is 4.10. The van der Waals surface area contributed by atoms with E-state index >= 15 is 0 Å². The maximum Gasteiger partial charge on any atom is 0.0486 e. The van der Waals surface area contributed by atoms with Gasteiger partial charge in [0.2, 0.25) is 0 Å². The minimum absolute atomic E-state index is 0.516. The van der Waals surface area contributed by atoms with Crippen molar-refractivity contribution in [3.05, 3.63) is 48.2 Å². The first kappa shape index (κ1) is 13.9. The van der Waals surface area contributed by atoms with Gasteiger partial charge in [0.05, 0.1) is 0 Å². The lowest BCUT2D eigenvalue weighted by atomic mass is 10.1. The maximum atomic E-state index is 4.10. The van der Waals surface area contributed by atoms with Crippen molar-refractivity contribution in [1.29, 1.82) is 0 Å². The van der Waals surface area contributed by atoms with Gasteiger partial charge in [-0.25, -0.2) is 0 Å². The molecular weight excluding hydrogens is 232 g/mol. The number of nitrogens with one attached hydrogen (secondary N) is 1. The monoisotopic (exact) mass is 256 g/mol. The smallest absolute Gasteiger partial charge is 0.0486 e. The highest BCUT2D eigenvalue weighted by Crippen LogP contribution is 2.19. The van der Waals surface area contributed by atoms with Crippen LogP contribution in [0, 0.1) is 0 Å². The zero-order chi connectivity index (χ0) is 13.8. The van der Waals surface area contributed by atoms with Gasteiger partial charge in [-0.2, -0.15) is 0 Å². The average Bonchev–Trinajstić information content (AvgIpc) is 2.79.